The summed E-state index contributed by atoms with van der Waals surface area (Å²) in [7, 11) is -0.800. The molecule has 2 atom stereocenters. The molecule has 0 aromatic heterocycles. The summed E-state index contributed by atoms with van der Waals surface area (Å²) in [6.45, 7) is 20.5. The van der Waals surface area contributed by atoms with Gasteiger partial charge in [-0.1, -0.05) is 13.8 Å². The van der Waals surface area contributed by atoms with Gasteiger partial charge in [-0.05, 0) is 67.6 Å². The third kappa shape index (κ3) is 3.43. The standard InChI is InChI=1S/C20H36B2O5/c1-16(2)12-14(22-26-19(7,8)20(9,10)27-22)13(11-15(16)23)21-24-17(3,4)18(5,6)25-21/h13-14H,11-12H2,1-10H3/t13-,14+/m1/s1. The minimum atomic E-state index is -0.431. The first-order valence-electron chi connectivity index (χ1n) is 10.2. The molecule has 2 heterocycles. The van der Waals surface area contributed by atoms with Crippen molar-refractivity contribution in [3.05, 3.63) is 0 Å². The summed E-state index contributed by atoms with van der Waals surface area (Å²) in [5, 5.41) is 0. The highest BCUT2D eigenvalue weighted by molar-refractivity contribution is 6.55. The Bertz CT molecular complexity index is 594. The summed E-state index contributed by atoms with van der Waals surface area (Å²) < 4.78 is 25.4. The zero-order valence-electron chi connectivity index (χ0n) is 18.8. The molecule has 1 aliphatic carbocycles. The number of carbonyl (C=O) groups excluding carboxylic acids is 1. The lowest BCUT2D eigenvalue weighted by Crippen LogP contribution is -2.45. The van der Waals surface area contributed by atoms with E-state index in [2.05, 4.69) is 27.7 Å². The zero-order valence-corrected chi connectivity index (χ0v) is 18.8. The van der Waals surface area contributed by atoms with Crippen molar-refractivity contribution in [2.45, 2.75) is 116 Å². The van der Waals surface area contributed by atoms with Crippen molar-refractivity contribution >= 4 is 20.0 Å². The first-order valence-corrected chi connectivity index (χ1v) is 10.2. The lowest BCUT2D eigenvalue weighted by atomic mass is 9.45. The molecule has 0 amide bonds. The predicted molar refractivity (Wildman–Crippen MR) is 108 cm³/mol. The average Bonchev–Trinajstić information content (AvgIpc) is 2.81. The topological polar surface area (TPSA) is 54.0 Å². The SMILES string of the molecule is CC1(C)C[C@H](B2OC(C)(C)C(C)(C)O2)[C@H](B2OC(C)(C)C(C)(C)O2)CC1=O. The van der Waals surface area contributed by atoms with E-state index in [4.69, 9.17) is 18.6 Å². The summed E-state index contributed by atoms with van der Waals surface area (Å²) in [4.78, 5) is 12.8. The van der Waals surface area contributed by atoms with Crippen LogP contribution in [0.25, 0.3) is 0 Å². The van der Waals surface area contributed by atoms with Crippen LogP contribution >= 0.6 is 0 Å². The predicted octanol–water partition coefficient (Wildman–Crippen LogP) is 4.30. The normalized spacial score (nSPS) is 36.3. The van der Waals surface area contributed by atoms with E-state index in [1.165, 1.54) is 0 Å². The van der Waals surface area contributed by atoms with Gasteiger partial charge < -0.3 is 18.6 Å². The minimum absolute atomic E-state index is 0.0356. The lowest BCUT2D eigenvalue weighted by Gasteiger charge is -2.40. The summed E-state index contributed by atoms with van der Waals surface area (Å²) in [6.07, 6.45) is 1.13. The molecule has 0 aromatic rings. The average molecular weight is 378 g/mol. The van der Waals surface area contributed by atoms with E-state index in [9.17, 15) is 4.79 Å². The zero-order chi connectivity index (χ0) is 20.6. The van der Waals surface area contributed by atoms with Gasteiger partial charge in [0.2, 0.25) is 0 Å². The third-order valence-corrected chi connectivity index (χ3v) is 7.71. The Hall–Kier alpha value is -0.360. The molecule has 3 aliphatic rings. The van der Waals surface area contributed by atoms with E-state index in [-0.39, 0.29) is 24.5 Å². The fourth-order valence-electron chi connectivity index (χ4n) is 4.22. The number of carbonyl (C=O) groups is 1. The van der Waals surface area contributed by atoms with E-state index in [1.54, 1.807) is 0 Å². The van der Waals surface area contributed by atoms with Crippen LogP contribution in [0, 0.1) is 5.41 Å². The number of hydrogen-bond acceptors (Lipinski definition) is 5. The second-order valence-electron chi connectivity index (χ2n) is 11.3. The molecular formula is C20H36B2O5. The van der Waals surface area contributed by atoms with Gasteiger partial charge in [-0.3, -0.25) is 4.79 Å². The van der Waals surface area contributed by atoms with E-state index in [1.807, 2.05) is 41.5 Å². The summed E-state index contributed by atoms with van der Waals surface area (Å²) in [5.41, 5.74) is -2.04. The van der Waals surface area contributed by atoms with E-state index in [0.717, 1.165) is 0 Å². The van der Waals surface area contributed by atoms with Crippen molar-refractivity contribution < 1.29 is 23.4 Å². The molecule has 5 nitrogen and oxygen atoms in total. The molecule has 3 rings (SSSR count). The van der Waals surface area contributed by atoms with Crippen molar-refractivity contribution in [3.8, 4) is 0 Å². The van der Waals surface area contributed by atoms with Crippen molar-refractivity contribution in [1.82, 2.24) is 0 Å². The molecule has 3 fully saturated rings. The fraction of sp³-hybridized carbons (Fsp3) is 0.950. The van der Waals surface area contributed by atoms with Gasteiger partial charge in [0, 0.05) is 17.7 Å². The molecule has 0 radical (unpaired) electrons. The van der Waals surface area contributed by atoms with Gasteiger partial charge in [-0.25, -0.2) is 0 Å². The number of Topliss-reactive ketones (excluding diaryl/α,β-unsaturated/α-hetero) is 1. The van der Waals surface area contributed by atoms with Crippen LogP contribution in [0.15, 0.2) is 0 Å². The number of hydrogen-bond donors (Lipinski definition) is 0. The molecular weight excluding hydrogens is 342 g/mol. The van der Waals surface area contributed by atoms with Gasteiger partial charge in [0.1, 0.15) is 5.78 Å². The van der Waals surface area contributed by atoms with Crippen molar-refractivity contribution in [2.24, 2.45) is 5.41 Å². The second kappa shape index (κ2) is 6.07. The molecule has 1 saturated carbocycles. The molecule has 0 spiro atoms. The van der Waals surface area contributed by atoms with Gasteiger partial charge in [0.15, 0.2) is 0 Å². The highest BCUT2D eigenvalue weighted by Gasteiger charge is 2.63. The van der Waals surface area contributed by atoms with Crippen molar-refractivity contribution in [1.29, 1.82) is 0 Å². The summed E-state index contributed by atoms with van der Waals surface area (Å²) >= 11 is 0. The van der Waals surface area contributed by atoms with Crippen molar-refractivity contribution in [2.75, 3.05) is 0 Å². The third-order valence-electron chi connectivity index (χ3n) is 7.71. The molecule has 7 heteroatoms. The highest BCUT2D eigenvalue weighted by Crippen LogP contribution is 2.55. The van der Waals surface area contributed by atoms with Gasteiger partial charge in [0.05, 0.1) is 22.4 Å². The maximum absolute atomic E-state index is 12.8. The van der Waals surface area contributed by atoms with Crippen LogP contribution in [0.5, 0.6) is 0 Å². The van der Waals surface area contributed by atoms with E-state index < -0.39 is 34.9 Å². The maximum atomic E-state index is 12.8. The van der Waals surface area contributed by atoms with Crippen LogP contribution in [-0.4, -0.2) is 42.4 Å². The van der Waals surface area contributed by atoms with Crippen LogP contribution < -0.4 is 0 Å². The fourth-order valence-corrected chi connectivity index (χ4v) is 4.22. The van der Waals surface area contributed by atoms with Gasteiger partial charge >= 0.3 is 14.2 Å². The Morgan fingerprint density at radius 2 is 1.00 bits per heavy atom. The van der Waals surface area contributed by atoms with Crippen molar-refractivity contribution in [3.63, 3.8) is 0 Å². The van der Waals surface area contributed by atoms with E-state index in [0.29, 0.717) is 12.8 Å². The highest BCUT2D eigenvalue weighted by atomic mass is 16.7. The van der Waals surface area contributed by atoms with Gasteiger partial charge in [-0.15, -0.1) is 0 Å². The molecule has 152 valence electrons. The first-order chi connectivity index (χ1) is 12.0. The molecule has 2 aliphatic heterocycles. The van der Waals surface area contributed by atoms with Crippen LogP contribution in [0.4, 0.5) is 0 Å². The largest absolute Gasteiger partial charge is 0.461 e. The molecule has 0 unspecified atom stereocenters. The minimum Gasteiger partial charge on any atom is -0.403 e. The molecule has 2 saturated heterocycles. The molecule has 0 N–H and O–H groups in total. The van der Waals surface area contributed by atoms with E-state index >= 15 is 0 Å². The molecule has 0 aromatic carbocycles. The first kappa shape index (κ1) is 21.4. The Balaban J connectivity index is 1.91. The molecule has 0 bridgehead atoms. The lowest BCUT2D eigenvalue weighted by molar-refractivity contribution is -0.129. The smallest absolute Gasteiger partial charge is 0.403 e. The van der Waals surface area contributed by atoms with Crippen LogP contribution in [0.2, 0.25) is 11.6 Å². The van der Waals surface area contributed by atoms with Crippen LogP contribution in [0.3, 0.4) is 0 Å². The summed E-state index contributed by atoms with van der Waals surface area (Å²) in [5.74, 6) is 0.213. The van der Waals surface area contributed by atoms with Crippen LogP contribution in [0.1, 0.15) is 82.1 Å². The van der Waals surface area contributed by atoms with Gasteiger partial charge in [0.25, 0.3) is 0 Å². The van der Waals surface area contributed by atoms with Gasteiger partial charge in [-0.2, -0.15) is 0 Å². The number of rotatable bonds is 2. The van der Waals surface area contributed by atoms with Crippen LogP contribution in [-0.2, 0) is 23.4 Å². The molecule has 27 heavy (non-hydrogen) atoms. The maximum Gasteiger partial charge on any atom is 0.461 e. The Morgan fingerprint density at radius 1 is 0.667 bits per heavy atom. The summed E-state index contributed by atoms with van der Waals surface area (Å²) in [6, 6.07) is 0. The quantitative estimate of drug-likeness (QED) is 0.671. The monoisotopic (exact) mass is 378 g/mol. The Morgan fingerprint density at radius 3 is 1.37 bits per heavy atom. The second-order valence-corrected chi connectivity index (χ2v) is 11.3. The number of ketones is 1. The Kier molecular flexibility index (Phi) is 4.80. The Labute approximate surface area is 165 Å².